The molecule has 0 N–H and O–H groups in total. The van der Waals surface area contributed by atoms with Crippen molar-refractivity contribution in [2.75, 3.05) is 79.3 Å². The summed E-state index contributed by atoms with van der Waals surface area (Å²) in [5.74, 6) is -3.65. The Morgan fingerprint density at radius 2 is 0.714 bits per heavy atom. The molecule has 16 heteroatoms. The van der Waals surface area contributed by atoms with Crippen LogP contribution in [-0.2, 0) is 56.8 Å². The van der Waals surface area contributed by atoms with Crippen molar-refractivity contribution in [3.8, 4) is 0 Å². The van der Waals surface area contributed by atoms with Crippen LogP contribution in [-0.4, -0.2) is 146 Å². The van der Waals surface area contributed by atoms with Gasteiger partial charge < -0.3 is 56.8 Å². The van der Waals surface area contributed by atoms with Crippen LogP contribution in [0.25, 0.3) is 0 Å². The van der Waals surface area contributed by atoms with E-state index in [1.54, 1.807) is 121 Å². The van der Waals surface area contributed by atoms with E-state index in [0.29, 0.717) is 52.9 Å². The SMILES string of the molecule is CCCCCCOCC(COCCCCCC)OCC(COC(COCCCCCC)COCCCCCC)CO[C@@H]1O[C@H](COC(=O)c2ccccc2)[C@H](OC(=O)c2ccccc2)[C@H](OC(=O)c2ccccc2)[C@H]1OC(=O)c1ccccc1. The summed E-state index contributed by atoms with van der Waals surface area (Å²) in [5.41, 5.74) is 0.776. The molecule has 0 amide bonds. The maximum atomic E-state index is 14.4. The topological polar surface area (TPSA) is 179 Å². The molecule has 16 nitrogen and oxygen atoms in total. The minimum Gasteiger partial charge on any atom is -0.459 e. The van der Waals surface area contributed by atoms with E-state index in [2.05, 4.69) is 27.7 Å². The first-order valence-electron chi connectivity index (χ1n) is 31.1. The zero-order valence-corrected chi connectivity index (χ0v) is 50.5. The number of hydrogen-bond acceptors (Lipinski definition) is 16. The number of hydrogen-bond donors (Lipinski definition) is 0. The Labute approximate surface area is 500 Å². The summed E-state index contributed by atoms with van der Waals surface area (Å²) >= 11 is 0. The minimum absolute atomic E-state index is 0.106. The predicted molar refractivity (Wildman–Crippen MR) is 321 cm³/mol. The maximum Gasteiger partial charge on any atom is 0.338 e. The molecule has 0 radical (unpaired) electrons. The molecular formula is C68H96O16. The van der Waals surface area contributed by atoms with Crippen molar-refractivity contribution >= 4 is 23.9 Å². The monoisotopic (exact) mass is 1170 g/mol. The highest BCUT2D eigenvalue weighted by atomic mass is 16.7. The second-order valence-electron chi connectivity index (χ2n) is 21.4. The van der Waals surface area contributed by atoms with Crippen LogP contribution in [0.4, 0.5) is 0 Å². The second kappa shape index (κ2) is 43.1. The van der Waals surface area contributed by atoms with Gasteiger partial charge in [-0.05, 0) is 74.2 Å². The lowest BCUT2D eigenvalue weighted by molar-refractivity contribution is -0.302. The number of carbonyl (C=O) groups excluding carboxylic acids is 4. The van der Waals surface area contributed by atoms with E-state index in [4.69, 9.17) is 56.8 Å². The van der Waals surface area contributed by atoms with Gasteiger partial charge in [0.15, 0.2) is 24.6 Å². The molecule has 4 aromatic rings. The van der Waals surface area contributed by atoms with Crippen molar-refractivity contribution in [2.45, 2.75) is 173 Å². The molecule has 5 rings (SSSR count). The van der Waals surface area contributed by atoms with E-state index in [1.807, 2.05) is 0 Å². The molecule has 0 unspecified atom stereocenters. The van der Waals surface area contributed by atoms with E-state index in [0.717, 1.165) is 103 Å². The molecule has 1 aliphatic rings. The average molecular weight is 1170 g/mol. The van der Waals surface area contributed by atoms with Crippen molar-refractivity contribution in [2.24, 2.45) is 5.92 Å². The molecule has 464 valence electrons. The van der Waals surface area contributed by atoms with Gasteiger partial charge >= 0.3 is 23.9 Å². The van der Waals surface area contributed by atoms with Crippen LogP contribution in [0.2, 0.25) is 0 Å². The van der Waals surface area contributed by atoms with Gasteiger partial charge in [0.2, 0.25) is 0 Å². The maximum absolute atomic E-state index is 14.4. The Morgan fingerprint density at radius 3 is 1.07 bits per heavy atom. The van der Waals surface area contributed by atoms with Gasteiger partial charge in [-0.15, -0.1) is 0 Å². The molecule has 1 heterocycles. The van der Waals surface area contributed by atoms with Crippen LogP contribution in [0.3, 0.4) is 0 Å². The highest BCUT2D eigenvalue weighted by Crippen LogP contribution is 2.32. The van der Waals surface area contributed by atoms with Crippen LogP contribution >= 0.6 is 0 Å². The van der Waals surface area contributed by atoms with Gasteiger partial charge in [-0.25, -0.2) is 19.2 Å². The van der Waals surface area contributed by atoms with Crippen LogP contribution in [0, 0.1) is 5.92 Å². The molecule has 84 heavy (non-hydrogen) atoms. The molecule has 1 aliphatic heterocycles. The normalized spacial score (nSPS) is 16.9. The molecule has 4 aromatic carbocycles. The van der Waals surface area contributed by atoms with Crippen LogP contribution in [0.1, 0.15) is 172 Å². The summed E-state index contributed by atoms with van der Waals surface area (Å²) in [6.07, 6.45) is 8.51. The largest absolute Gasteiger partial charge is 0.459 e. The standard InChI is InChI=1S/C68H96O16/c1-5-9-13-29-41-73-48-58(49-74-42-30-14-10-6-2)77-45-53(46-78-59(50-75-43-31-15-11-7-3)51-76-44-32-16-12-8-4)47-80-68-63(84-67(72)57-39-27-20-28-40-57)62(83-66(71)56-37-25-19-26-38-56)61(82-65(70)55-35-23-18-24-36-55)60(81-68)52-79-64(69)54-33-21-17-22-34-54/h17-28,33-40,53,58-63,68H,5-16,29-32,41-52H2,1-4H3/t60-,61+,62+,63-,68-/m1/s1. The fraction of sp³-hybridized carbons (Fsp3) is 0.588. The van der Waals surface area contributed by atoms with Gasteiger partial charge in [-0.1, -0.05) is 178 Å². The summed E-state index contributed by atoms with van der Waals surface area (Å²) in [4.78, 5) is 56.6. The lowest BCUT2D eigenvalue weighted by Gasteiger charge is -2.44. The average Bonchev–Trinajstić information content (AvgIpc) is 3.18. The molecule has 1 saturated heterocycles. The third kappa shape index (κ3) is 27.2. The number of esters is 4. The Balaban J connectivity index is 1.53. The quantitative estimate of drug-likeness (QED) is 0.0231. The molecule has 0 bridgehead atoms. The lowest BCUT2D eigenvalue weighted by atomic mass is 9.97. The zero-order chi connectivity index (χ0) is 59.7. The summed E-state index contributed by atoms with van der Waals surface area (Å²) in [6, 6.07) is 33.2. The second-order valence-corrected chi connectivity index (χ2v) is 21.4. The molecule has 0 spiro atoms. The summed E-state index contributed by atoms with van der Waals surface area (Å²) < 4.78 is 76.8. The van der Waals surface area contributed by atoms with Gasteiger partial charge in [0.1, 0.15) is 24.9 Å². The molecule has 5 atom stereocenters. The van der Waals surface area contributed by atoms with Crippen LogP contribution in [0.15, 0.2) is 121 Å². The highest BCUT2D eigenvalue weighted by Gasteiger charge is 2.54. The smallest absolute Gasteiger partial charge is 0.338 e. The number of ether oxygens (including phenoxy) is 12. The van der Waals surface area contributed by atoms with Gasteiger partial charge in [-0.2, -0.15) is 0 Å². The first kappa shape index (κ1) is 69.2. The van der Waals surface area contributed by atoms with Crippen LogP contribution < -0.4 is 0 Å². The van der Waals surface area contributed by atoms with Gasteiger partial charge in [0.25, 0.3) is 0 Å². The van der Waals surface area contributed by atoms with Crippen molar-refractivity contribution in [1.82, 2.24) is 0 Å². The number of unbranched alkanes of at least 4 members (excludes halogenated alkanes) is 12. The summed E-state index contributed by atoms with van der Waals surface area (Å²) in [5, 5.41) is 0. The number of carbonyl (C=O) groups is 4. The number of rotatable bonds is 46. The van der Waals surface area contributed by atoms with Crippen molar-refractivity contribution in [3.05, 3.63) is 144 Å². The van der Waals surface area contributed by atoms with Crippen molar-refractivity contribution in [1.29, 1.82) is 0 Å². The molecule has 1 fully saturated rings. The predicted octanol–water partition coefficient (Wildman–Crippen LogP) is 13.0. The van der Waals surface area contributed by atoms with E-state index < -0.39 is 79.3 Å². The molecule has 0 saturated carbocycles. The molecule has 0 aliphatic carbocycles. The summed E-state index contributed by atoms with van der Waals surface area (Å²) in [6.45, 7) is 11.9. The fourth-order valence-corrected chi connectivity index (χ4v) is 9.25. The van der Waals surface area contributed by atoms with Crippen LogP contribution in [0.5, 0.6) is 0 Å². The summed E-state index contributed by atoms with van der Waals surface area (Å²) in [7, 11) is 0. The zero-order valence-electron chi connectivity index (χ0n) is 50.5. The Bertz CT molecular complexity index is 2250. The van der Waals surface area contributed by atoms with Gasteiger partial charge in [-0.3, -0.25) is 0 Å². The minimum atomic E-state index is -1.61. The van der Waals surface area contributed by atoms with E-state index in [9.17, 15) is 19.2 Å². The van der Waals surface area contributed by atoms with E-state index in [-0.39, 0.29) is 42.1 Å². The van der Waals surface area contributed by atoms with Crippen molar-refractivity contribution < 1.29 is 76.0 Å². The van der Waals surface area contributed by atoms with E-state index >= 15 is 0 Å². The van der Waals surface area contributed by atoms with Gasteiger partial charge in [0.05, 0.1) is 68.5 Å². The first-order chi connectivity index (χ1) is 41.2. The number of benzene rings is 4. The third-order valence-corrected chi connectivity index (χ3v) is 14.2. The Morgan fingerprint density at radius 1 is 0.381 bits per heavy atom. The Kier molecular flexibility index (Phi) is 35.5. The highest BCUT2D eigenvalue weighted by molar-refractivity contribution is 5.91. The van der Waals surface area contributed by atoms with Gasteiger partial charge in [0, 0.05) is 32.3 Å². The van der Waals surface area contributed by atoms with Crippen molar-refractivity contribution in [3.63, 3.8) is 0 Å². The molecule has 0 aromatic heterocycles. The molecular weight excluding hydrogens is 1070 g/mol. The first-order valence-corrected chi connectivity index (χ1v) is 31.1. The Hall–Kier alpha value is -5.56. The lowest BCUT2D eigenvalue weighted by Crippen LogP contribution is -2.63. The third-order valence-electron chi connectivity index (χ3n) is 14.2. The fourth-order valence-electron chi connectivity index (χ4n) is 9.25. The van der Waals surface area contributed by atoms with E-state index in [1.165, 1.54) is 0 Å².